The standard InChI is InChI=1S/C14H19BrN2O3/c1-16-4-6-17(7-5-16)14(19)10-20-13-3-2-12(15)8-11(13)9-18/h2-3,8,18H,4-7,9-10H2,1H3. The van der Waals surface area contributed by atoms with Crippen molar-refractivity contribution in [1.82, 2.24) is 9.80 Å². The fourth-order valence-electron chi connectivity index (χ4n) is 2.10. The number of benzene rings is 1. The van der Waals surface area contributed by atoms with E-state index >= 15 is 0 Å². The van der Waals surface area contributed by atoms with Gasteiger partial charge in [-0.05, 0) is 25.2 Å². The zero-order chi connectivity index (χ0) is 14.5. The highest BCUT2D eigenvalue weighted by Gasteiger charge is 2.19. The molecule has 0 bridgehead atoms. The molecule has 0 aromatic heterocycles. The maximum absolute atomic E-state index is 12.1. The van der Waals surface area contributed by atoms with Crippen LogP contribution in [0.2, 0.25) is 0 Å². The summed E-state index contributed by atoms with van der Waals surface area (Å²) in [7, 11) is 2.05. The Balaban J connectivity index is 1.90. The quantitative estimate of drug-likeness (QED) is 0.890. The number of carbonyl (C=O) groups excluding carboxylic acids is 1. The Hall–Kier alpha value is -1.11. The molecule has 5 nitrogen and oxygen atoms in total. The van der Waals surface area contributed by atoms with Gasteiger partial charge in [-0.2, -0.15) is 0 Å². The average molecular weight is 343 g/mol. The molecule has 1 N–H and O–H groups in total. The Morgan fingerprint density at radius 1 is 1.35 bits per heavy atom. The van der Waals surface area contributed by atoms with E-state index in [1.165, 1.54) is 0 Å². The van der Waals surface area contributed by atoms with E-state index in [1.54, 1.807) is 12.1 Å². The predicted molar refractivity (Wildman–Crippen MR) is 79.6 cm³/mol. The van der Waals surface area contributed by atoms with E-state index in [2.05, 4.69) is 20.8 Å². The average Bonchev–Trinajstić information content (AvgIpc) is 2.46. The second-order valence-electron chi connectivity index (χ2n) is 4.88. The highest BCUT2D eigenvalue weighted by Crippen LogP contribution is 2.23. The van der Waals surface area contributed by atoms with Crippen LogP contribution in [0.3, 0.4) is 0 Å². The van der Waals surface area contributed by atoms with Gasteiger partial charge in [0.1, 0.15) is 5.75 Å². The molecule has 0 aliphatic carbocycles. The van der Waals surface area contributed by atoms with Gasteiger partial charge in [0.2, 0.25) is 0 Å². The summed E-state index contributed by atoms with van der Waals surface area (Å²) in [5.74, 6) is 0.545. The highest BCUT2D eigenvalue weighted by molar-refractivity contribution is 9.10. The number of carbonyl (C=O) groups is 1. The summed E-state index contributed by atoms with van der Waals surface area (Å²) in [6, 6.07) is 5.37. The van der Waals surface area contributed by atoms with Crippen LogP contribution in [0.25, 0.3) is 0 Å². The fraction of sp³-hybridized carbons (Fsp3) is 0.500. The summed E-state index contributed by atoms with van der Waals surface area (Å²) in [6.07, 6.45) is 0. The van der Waals surface area contributed by atoms with Crippen molar-refractivity contribution in [3.63, 3.8) is 0 Å². The maximum atomic E-state index is 12.1. The molecular formula is C14H19BrN2O3. The largest absolute Gasteiger partial charge is 0.483 e. The summed E-state index contributed by atoms with van der Waals surface area (Å²) in [5.41, 5.74) is 0.672. The van der Waals surface area contributed by atoms with E-state index < -0.39 is 0 Å². The molecule has 1 aliphatic rings. The summed E-state index contributed by atoms with van der Waals surface area (Å²) < 4.78 is 6.41. The van der Waals surface area contributed by atoms with Gasteiger partial charge in [-0.25, -0.2) is 0 Å². The number of nitrogens with zero attached hydrogens (tertiary/aromatic N) is 2. The molecule has 1 amide bonds. The lowest BCUT2D eigenvalue weighted by atomic mass is 10.2. The lowest BCUT2D eigenvalue weighted by molar-refractivity contribution is -0.134. The number of likely N-dealkylation sites (N-methyl/N-ethyl adjacent to an activating group) is 1. The van der Waals surface area contributed by atoms with Crippen molar-refractivity contribution in [2.24, 2.45) is 0 Å². The SMILES string of the molecule is CN1CCN(C(=O)COc2ccc(Br)cc2CO)CC1. The smallest absolute Gasteiger partial charge is 0.260 e. The van der Waals surface area contributed by atoms with Crippen LogP contribution in [0.5, 0.6) is 5.75 Å². The molecule has 1 aliphatic heterocycles. The monoisotopic (exact) mass is 342 g/mol. The Kier molecular flexibility index (Phi) is 5.39. The molecule has 1 fully saturated rings. The summed E-state index contributed by atoms with van der Waals surface area (Å²) in [4.78, 5) is 16.1. The number of halogens is 1. The number of hydrogen-bond acceptors (Lipinski definition) is 4. The molecule has 0 unspecified atom stereocenters. The van der Waals surface area contributed by atoms with Crippen molar-refractivity contribution in [2.45, 2.75) is 6.61 Å². The Bertz CT molecular complexity index is 473. The third-order valence-corrected chi connectivity index (χ3v) is 3.89. The molecule has 0 spiro atoms. The van der Waals surface area contributed by atoms with Crippen LogP contribution in [0.15, 0.2) is 22.7 Å². The molecule has 1 saturated heterocycles. The van der Waals surface area contributed by atoms with Crippen molar-refractivity contribution in [2.75, 3.05) is 39.8 Å². The third-order valence-electron chi connectivity index (χ3n) is 3.40. The van der Waals surface area contributed by atoms with Gasteiger partial charge in [0.15, 0.2) is 6.61 Å². The van der Waals surface area contributed by atoms with E-state index in [4.69, 9.17) is 4.74 Å². The Morgan fingerprint density at radius 2 is 2.05 bits per heavy atom. The van der Waals surface area contributed by atoms with Gasteiger partial charge in [-0.15, -0.1) is 0 Å². The van der Waals surface area contributed by atoms with Crippen molar-refractivity contribution in [3.8, 4) is 5.75 Å². The second-order valence-corrected chi connectivity index (χ2v) is 5.80. The molecule has 110 valence electrons. The number of amides is 1. The van der Waals surface area contributed by atoms with Crippen molar-refractivity contribution >= 4 is 21.8 Å². The lowest BCUT2D eigenvalue weighted by Gasteiger charge is -2.32. The number of hydrogen-bond donors (Lipinski definition) is 1. The van der Waals surface area contributed by atoms with Crippen LogP contribution in [0.4, 0.5) is 0 Å². The van der Waals surface area contributed by atoms with Crippen molar-refractivity contribution < 1.29 is 14.6 Å². The van der Waals surface area contributed by atoms with Gasteiger partial charge in [0.25, 0.3) is 5.91 Å². The number of aliphatic hydroxyl groups is 1. The van der Waals surface area contributed by atoms with E-state index in [1.807, 2.05) is 18.0 Å². The Labute approximate surface area is 127 Å². The fourth-order valence-corrected chi connectivity index (χ4v) is 2.51. The van der Waals surface area contributed by atoms with Gasteiger partial charge < -0.3 is 19.6 Å². The molecule has 20 heavy (non-hydrogen) atoms. The van der Waals surface area contributed by atoms with Crippen molar-refractivity contribution in [1.29, 1.82) is 0 Å². The van der Waals surface area contributed by atoms with Crippen LogP contribution in [-0.4, -0.2) is 60.6 Å². The number of ether oxygens (including phenoxy) is 1. The first-order valence-corrected chi connectivity index (χ1v) is 7.38. The minimum absolute atomic E-state index is 0.00934. The van der Waals surface area contributed by atoms with Gasteiger partial charge >= 0.3 is 0 Å². The van der Waals surface area contributed by atoms with Crippen LogP contribution >= 0.6 is 15.9 Å². The molecule has 2 rings (SSSR count). The van der Waals surface area contributed by atoms with Crippen LogP contribution in [0, 0.1) is 0 Å². The van der Waals surface area contributed by atoms with Gasteiger partial charge in [0, 0.05) is 36.2 Å². The molecule has 0 saturated carbocycles. The molecule has 6 heteroatoms. The summed E-state index contributed by atoms with van der Waals surface area (Å²) >= 11 is 3.34. The molecule has 1 heterocycles. The number of rotatable bonds is 4. The minimum atomic E-state index is -0.114. The molecular weight excluding hydrogens is 324 g/mol. The zero-order valence-corrected chi connectivity index (χ0v) is 13.1. The van der Waals surface area contributed by atoms with E-state index in [0.717, 1.165) is 30.7 Å². The Morgan fingerprint density at radius 3 is 2.70 bits per heavy atom. The number of aliphatic hydroxyl groups excluding tert-OH is 1. The molecule has 1 aromatic carbocycles. The highest BCUT2D eigenvalue weighted by atomic mass is 79.9. The first-order chi connectivity index (χ1) is 9.60. The molecule has 0 radical (unpaired) electrons. The van der Waals surface area contributed by atoms with E-state index in [0.29, 0.717) is 11.3 Å². The lowest BCUT2D eigenvalue weighted by Crippen LogP contribution is -2.48. The molecule has 0 atom stereocenters. The van der Waals surface area contributed by atoms with E-state index in [9.17, 15) is 9.90 Å². The topological polar surface area (TPSA) is 53.0 Å². The van der Waals surface area contributed by atoms with E-state index in [-0.39, 0.29) is 19.1 Å². The predicted octanol–water partition coefficient (Wildman–Crippen LogP) is 1.09. The third kappa shape index (κ3) is 3.94. The normalized spacial score (nSPS) is 16.2. The van der Waals surface area contributed by atoms with Gasteiger partial charge in [-0.3, -0.25) is 4.79 Å². The summed E-state index contributed by atoms with van der Waals surface area (Å²) in [5, 5.41) is 9.28. The van der Waals surface area contributed by atoms with Crippen molar-refractivity contribution in [3.05, 3.63) is 28.2 Å². The van der Waals surface area contributed by atoms with Gasteiger partial charge in [0.05, 0.1) is 6.61 Å². The number of piperazine rings is 1. The molecule has 1 aromatic rings. The van der Waals surface area contributed by atoms with Crippen LogP contribution < -0.4 is 4.74 Å². The van der Waals surface area contributed by atoms with Crippen LogP contribution in [0.1, 0.15) is 5.56 Å². The van der Waals surface area contributed by atoms with Gasteiger partial charge in [-0.1, -0.05) is 15.9 Å². The zero-order valence-electron chi connectivity index (χ0n) is 11.5. The first-order valence-electron chi connectivity index (χ1n) is 6.58. The first kappa shape index (κ1) is 15.3. The van der Waals surface area contributed by atoms with Crippen LogP contribution in [-0.2, 0) is 11.4 Å². The minimum Gasteiger partial charge on any atom is -0.483 e. The second kappa shape index (κ2) is 7.06. The maximum Gasteiger partial charge on any atom is 0.260 e. The summed E-state index contributed by atoms with van der Waals surface area (Å²) in [6.45, 7) is 3.17.